The Labute approximate surface area is 137 Å². The van der Waals surface area contributed by atoms with Crippen LogP contribution in [0.4, 0.5) is 4.39 Å². The first kappa shape index (κ1) is 17.9. The van der Waals surface area contributed by atoms with Crippen LogP contribution in [0.3, 0.4) is 0 Å². The van der Waals surface area contributed by atoms with Gasteiger partial charge in [-0.25, -0.2) is 12.8 Å². The lowest BCUT2D eigenvalue weighted by atomic mass is 9.87. The average Bonchev–Trinajstić information content (AvgIpc) is 2.51. The third-order valence-electron chi connectivity index (χ3n) is 4.55. The van der Waals surface area contributed by atoms with Crippen molar-refractivity contribution < 1.29 is 17.6 Å². The zero-order valence-corrected chi connectivity index (χ0v) is 14.4. The van der Waals surface area contributed by atoms with Gasteiger partial charge < -0.3 is 5.32 Å². The fourth-order valence-electron chi connectivity index (χ4n) is 2.82. The van der Waals surface area contributed by atoms with Crippen LogP contribution < -0.4 is 5.32 Å². The lowest BCUT2D eigenvalue weighted by Gasteiger charge is -2.27. The zero-order valence-electron chi connectivity index (χ0n) is 13.6. The highest BCUT2D eigenvalue weighted by atomic mass is 32.2. The van der Waals surface area contributed by atoms with Gasteiger partial charge >= 0.3 is 0 Å². The molecule has 1 saturated carbocycles. The molecule has 4 nitrogen and oxygen atoms in total. The minimum absolute atomic E-state index is 0.0715. The molecule has 1 N–H and O–H groups in total. The first-order chi connectivity index (χ1) is 10.8. The summed E-state index contributed by atoms with van der Waals surface area (Å²) in [5, 5.41) is 1.76. The number of carbonyl (C=O) groups is 1. The summed E-state index contributed by atoms with van der Waals surface area (Å²) in [5.74, 6) is -0.443. The first-order valence-electron chi connectivity index (χ1n) is 8.04. The van der Waals surface area contributed by atoms with E-state index >= 15 is 0 Å². The standard InChI is InChI=1S/C17H24FNO3S/c1-12-3-9-16(10-4-12)19-17(20)13(2)23(21,22)11-14-5-7-15(18)8-6-14/h5-8,12-13,16H,3-4,9-11H2,1-2H3,(H,19,20). The smallest absolute Gasteiger partial charge is 0.238 e. The van der Waals surface area contributed by atoms with E-state index in [0.29, 0.717) is 11.5 Å². The molecule has 128 valence electrons. The Morgan fingerprint density at radius 2 is 1.78 bits per heavy atom. The molecule has 1 amide bonds. The van der Waals surface area contributed by atoms with E-state index in [1.165, 1.54) is 31.2 Å². The Bertz CT molecular complexity index is 634. The summed E-state index contributed by atoms with van der Waals surface area (Å²) in [4.78, 5) is 12.2. The molecule has 6 heteroatoms. The van der Waals surface area contributed by atoms with Gasteiger partial charge in [0.05, 0.1) is 5.75 Å². The third-order valence-corrected chi connectivity index (χ3v) is 6.58. The van der Waals surface area contributed by atoms with E-state index in [-0.39, 0.29) is 11.8 Å². The SMILES string of the molecule is CC1CCC(NC(=O)C(C)S(=O)(=O)Cc2ccc(F)cc2)CC1. The summed E-state index contributed by atoms with van der Waals surface area (Å²) in [6.07, 6.45) is 3.92. The van der Waals surface area contributed by atoms with Crippen LogP contribution in [-0.2, 0) is 20.4 Å². The van der Waals surface area contributed by atoms with Crippen molar-refractivity contribution in [1.82, 2.24) is 5.32 Å². The van der Waals surface area contributed by atoms with E-state index in [0.717, 1.165) is 25.7 Å². The first-order valence-corrected chi connectivity index (χ1v) is 9.76. The van der Waals surface area contributed by atoms with E-state index in [2.05, 4.69) is 12.2 Å². The molecule has 0 radical (unpaired) electrons. The van der Waals surface area contributed by atoms with Gasteiger partial charge in [0.2, 0.25) is 5.91 Å². The van der Waals surface area contributed by atoms with Crippen molar-refractivity contribution in [3.63, 3.8) is 0 Å². The maximum atomic E-state index is 12.9. The summed E-state index contributed by atoms with van der Waals surface area (Å²) in [5.41, 5.74) is 0.484. The van der Waals surface area contributed by atoms with Crippen LogP contribution >= 0.6 is 0 Å². The van der Waals surface area contributed by atoms with Gasteiger partial charge in [-0.1, -0.05) is 19.1 Å². The largest absolute Gasteiger partial charge is 0.352 e. The summed E-state index contributed by atoms with van der Waals surface area (Å²) >= 11 is 0. The maximum Gasteiger partial charge on any atom is 0.238 e. The van der Waals surface area contributed by atoms with Crippen molar-refractivity contribution in [2.45, 2.75) is 56.6 Å². The highest BCUT2D eigenvalue weighted by molar-refractivity contribution is 7.92. The van der Waals surface area contributed by atoms with Crippen molar-refractivity contribution in [1.29, 1.82) is 0 Å². The second-order valence-corrected chi connectivity index (χ2v) is 8.86. The molecular weight excluding hydrogens is 317 g/mol. The normalized spacial score (nSPS) is 23.3. The second-order valence-electron chi connectivity index (χ2n) is 6.54. The van der Waals surface area contributed by atoms with Crippen molar-refractivity contribution in [3.05, 3.63) is 35.6 Å². The van der Waals surface area contributed by atoms with Crippen LogP contribution in [0.2, 0.25) is 0 Å². The van der Waals surface area contributed by atoms with Crippen molar-refractivity contribution >= 4 is 15.7 Å². The quantitative estimate of drug-likeness (QED) is 0.896. The second kappa shape index (κ2) is 7.43. The van der Waals surface area contributed by atoms with Gasteiger partial charge in [-0.15, -0.1) is 0 Å². The van der Waals surface area contributed by atoms with Gasteiger partial charge in [-0.2, -0.15) is 0 Å². The van der Waals surface area contributed by atoms with Crippen molar-refractivity contribution in [2.75, 3.05) is 0 Å². The van der Waals surface area contributed by atoms with E-state index in [9.17, 15) is 17.6 Å². The number of sulfone groups is 1. The molecule has 1 aliphatic rings. The van der Waals surface area contributed by atoms with Crippen LogP contribution in [0.15, 0.2) is 24.3 Å². The summed E-state index contributed by atoms with van der Waals surface area (Å²) < 4.78 is 37.6. The minimum Gasteiger partial charge on any atom is -0.352 e. The Kier molecular flexibility index (Phi) is 5.79. The molecular formula is C17H24FNO3S. The molecule has 2 rings (SSSR count). The predicted molar refractivity (Wildman–Crippen MR) is 88.0 cm³/mol. The van der Waals surface area contributed by atoms with Crippen LogP contribution in [0.5, 0.6) is 0 Å². The van der Waals surface area contributed by atoms with Crippen molar-refractivity contribution in [3.8, 4) is 0 Å². The number of carbonyl (C=O) groups excluding carboxylic acids is 1. The lowest BCUT2D eigenvalue weighted by molar-refractivity contribution is -0.121. The van der Waals surface area contributed by atoms with Crippen LogP contribution in [0.25, 0.3) is 0 Å². The van der Waals surface area contributed by atoms with E-state index in [1.54, 1.807) is 0 Å². The summed E-state index contributed by atoms with van der Waals surface area (Å²) in [6.45, 7) is 3.60. The van der Waals surface area contributed by atoms with Crippen LogP contribution in [-0.4, -0.2) is 25.6 Å². The Balaban J connectivity index is 1.95. The topological polar surface area (TPSA) is 63.2 Å². The van der Waals surface area contributed by atoms with Gasteiger partial charge in [0, 0.05) is 6.04 Å². The molecule has 0 aliphatic heterocycles. The fraction of sp³-hybridized carbons (Fsp3) is 0.588. The van der Waals surface area contributed by atoms with Gasteiger partial charge in [-0.3, -0.25) is 4.79 Å². The van der Waals surface area contributed by atoms with Crippen molar-refractivity contribution in [2.24, 2.45) is 5.92 Å². The monoisotopic (exact) mass is 341 g/mol. The number of amides is 1. The fourth-order valence-corrected chi connectivity index (χ4v) is 4.13. The van der Waals surface area contributed by atoms with Gasteiger partial charge in [0.15, 0.2) is 9.84 Å². The molecule has 1 fully saturated rings. The highest BCUT2D eigenvalue weighted by Gasteiger charge is 2.30. The molecule has 1 unspecified atom stereocenters. The van der Waals surface area contributed by atoms with Gasteiger partial charge in [0.25, 0.3) is 0 Å². The Hall–Kier alpha value is -1.43. The van der Waals surface area contributed by atoms with E-state index < -0.39 is 26.8 Å². The molecule has 1 atom stereocenters. The van der Waals surface area contributed by atoms with Gasteiger partial charge in [-0.05, 0) is 56.2 Å². The molecule has 0 bridgehead atoms. The predicted octanol–water partition coefficient (Wildman–Crippen LogP) is 2.82. The van der Waals surface area contributed by atoms with Gasteiger partial charge in [0.1, 0.15) is 11.1 Å². The van der Waals surface area contributed by atoms with E-state index in [4.69, 9.17) is 0 Å². The number of hydrogen-bond acceptors (Lipinski definition) is 3. The number of hydrogen-bond donors (Lipinski definition) is 1. The van der Waals surface area contributed by atoms with Crippen LogP contribution in [0.1, 0.15) is 45.1 Å². The molecule has 1 aromatic rings. The molecule has 1 aromatic carbocycles. The molecule has 0 heterocycles. The number of halogens is 1. The number of rotatable bonds is 5. The lowest BCUT2D eigenvalue weighted by Crippen LogP contribution is -2.44. The molecule has 1 aliphatic carbocycles. The summed E-state index contributed by atoms with van der Waals surface area (Å²) in [6, 6.07) is 5.37. The summed E-state index contributed by atoms with van der Waals surface area (Å²) in [7, 11) is -3.62. The number of benzene rings is 1. The molecule has 0 spiro atoms. The molecule has 0 aromatic heterocycles. The minimum atomic E-state index is -3.62. The third kappa shape index (κ3) is 5.03. The highest BCUT2D eigenvalue weighted by Crippen LogP contribution is 2.23. The average molecular weight is 341 g/mol. The van der Waals surface area contributed by atoms with E-state index in [1.807, 2.05) is 0 Å². The zero-order chi connectivity index (χ0) is 17.0. The maximum absolute atomic E-state index is 12.9. The van der Waals surface area contributed by atoms with Crippen LogP contribution in [0, 0.1) is 11.7 Å². The molecule has 23 heavy (non-hydrogen) atoms. The Morgan fingerprint density at radius 3 is 2.35 bits per heavy atom. The molecule has 0 saturated heterocycles. The number of nitrogens with one attached hydrogen (secondary N) is 1. The Morgan fingerprint density at radius 1 is 1.22 bits per heavy atom.